The largest absolute Gasteiger partial charge is 0.462 e. The maximum absolute atomic E-state index is 12.3. The Balaban J connectivity index is 2.44. The molecule has 0 unspecified atom stereocenters. The molecule has 0 radical (unpaired) electrons. The van der Waals surface area contributed by atoms with Crippen molar-refractivity contribution in [3.63, 3.8) is 0 Å². The van der Waals surface area contributed by atoms with Crippen LogP contribution in [0.3, 0.4) is 0 Å². The molecule has 4 nitrogen and oxygen atoms in total. The summed E-state index contributed by atoms with van der Waals surface area (Å²) in [5.41, 5.74) is 1.92. The lowest BCUT2D eigenvalue weighted by molar-refractivity contribution is 0.0523. The Kier molecular flexibility index (Phi) is 4.81. The minimum atomic E-state index is -0.340. The highest BCUT2D eigenvalue weighted by molar-refractivity contribution is 8.00. The van der Waals surface area contributed by atoms with Gasteiger partial charge in [-0.2, -0.15) is 11.8 Å². The average Bonchev–Trinajstić information content (AvgIpc) is 2.37. The maximum atomic E-state index is 12.3. The predicted molar refractivity (Wildman–Crippen MR) is 86.2 cm³/mol. The molecule has 1 aliphatic rings. The highest BCUT2D eigenvalue weighted by Gasteiger charge is 2.37. The van der Waals surface area contributed by atoms with Crippen LogP contribution in [0.25, 0.3) is 0 Å². The third kappa shape index (κ3) is 3.03. The summed E-state index contributed by atoms with van der Waals surface area (Å²) in [6.45, 7) is 6.43. The smallest absolute Gasteiger partial charge is 0.340 e. The summed E-state index contributed by atoms with van der Waals surface area (Å²) < 4.78 is 7.02. The van der Waals surface area contributed by atoms with Crippen molar-refractivity contribution in [3.8, 4) is 0 Å². The van der Waals surface area contributed by atoms with Crippen LogP contribution in [0.2, 0.25) is 0 Å². The summed E-state index contributed by atoms with van der Waals surface area (Å²) in [7, 11) is 0. The molecular weight excluding hydrogens is 286 g/mol. The standard InChI is InChI=1S/C16H23NO3S/c1-5-20-15(19)14-11(2)9-13(18)17(12(14)3)10-16(21-4)7-6-8-16/h9H,5-8,10H2,1-4H3. The van der Waals surface area contributed by atoms with Crippen LogP contribution in [0.4, 0.5) is 0 Å². The molecule has 0 N–H and O–H groups in total. The summed E-state index contributed by atoms with van der Waals surface area (Å²) >= 11 is 1.82. The third-order valence-electron chi connectivity index (χ3n) is 4.39. The van der Waals surface area contributed by atoms with Crippen molar-refractivity contribution in [1.82, 2.24) is 4.57 Å². The molecule has 116 valence electrons. The van der Waals surface area contributed by atoms with Crippen LogP contribution in [0.15, 0.2) is 10.9 Å². The second-order valence-electron chi connectivity index (χ2n) is 5.67. The second-order valence-corrected chi connectivity index (χ2v) is 6.95. The summed E-state index contributed by atoms with van der Waals surface area (Å²) in [5.74, 6) is -0.340. The molecule has 0 atom stereocenters. The lowest BCUT2D eigenvalue weighted by atomic mass is 9.84. The van der Waals surface area contributed by atoms with E-state index < -0.39 is 0 Å². The second kappa shape index (κ2) is 6.26. The summed E-state index contributed by atoms with van der Waals surface area (Å²) in [4.78, 5) is 24.5. The maximum Gasteiger partial charge on any atom is 0.340 e. The number of aryl methyl sites for hydroxylation is 1. The molecule has 1 aromatic rings. The van der Waals surface area contributed by atoms with Crippen molar-refractivity contribution in [2.45, 2.75) is 51.3 Å². The number of hydrogen-bond donors (Lipinski definition) is 0. The van der Waals surface area contributed by atoms with E-state index >= 15 is 0 Å². The van der Waals surface area contributed by atoms with Crippen molar-refractivity contribution in [2.24, 2.45) is 0 Å². The first-order chi connectivity index (χ1) is 9.94. The molecule has 1 aliphatic carbocycles. The molecule has 0 aliphatic heterocycles. The lowest BCUT2D eigenvalue weighted by Crippen LogP contribution is -2.42. The van der Waals surface area contributed by atoms with Crippen LogP contribution >= 0.6 is 11.8 Å². The van der Waals surface area contributed by atoms with E-state index in [1.807, 2.05) is 18.7 Å². The number of carbonyl (C=O) groups excluding carboxylic acids is 1. The van der Waals surface area contributed by atoms with Gasteiger partial charge in [-0.15, -0.1) is 0 Å². The van der Waals surface area contributed by atoms with Gasteiger partial charge in [-0.3, -0.25) is 4.79 Å². The Morgan fingerprint density at radius 2 is 2.10 bits per heavy atom. The van der Waals surface area contributed by atoms with E-state index in [2.05, 4.69) is 6.26 Å². The first-order valence-corrected chi connectivity index (χ1v) is 8.60. The highest BCUT2D eigenvalue weighted by atomic mass is 32.2. The van der Waals surface area contributed by atoms with Crippen LogP contribution in [0.1, 0.15) is 47.8 Å². The van der Waals surface area contributed by atoms with Gasteiger partial charge in [-0.05, 0) is 45.4 Å². The molecule has 2 rings (SSSR count). The fourth-order valence-corrected chi connectivity index (χ4v) is 3.87. The van der Waals surface area contributed by atoms with Crippen molar-refractivity contribution in [1.29, 1.82) is 0 Å². The first kappa shape index (κ1) is 16.1. The van der Waals surface area contributed by atoms with Crippen LogP contribution < -0.4 is 5.56 Å². The lowest BCUT2D eigenvalue weighted by Gasteiger charge is -2.41. The number of nitrogens with zero attached hydrogens (tertiary/aromatic N) is 1. The number of thioether (sulfide) groups is 1. The van der Waals surface area contributed by atoms with Crippen LogP contribution in [-0.4, -0.2) is 28.1 Å². The van der Waals surface area contributed by atoms with E-state index in [0.717, 1.165) is 18.5 Å². The van der Waals surface area contributed by atoms with E-state index in [1.165, 1.54) is 6.42 Å². The summed E-state index contributed by atoms with van der Waals surface area (Å²) in [6.07, 6.45) is 5.57. The summed E-state index contributed by atoms with van der Waals surface area (Å²) in [5, 5.41) is 0. The fourth-order valence-electron chi connectivity index (χ4n) is 2.92. The van der Waals surface area contributed by atoms with Gasteiger partial charge in [-0.25, -0.2) is 4.79 Å². The minimum absolute atomic E-state index is 0.0293. The Morgan fingerprint density at radius 1 is 1.43 bits per heavy atom. The number of rotatable bonds is 5. The first-order valence-electron chi connectivity index (χ1n) is 7.37. The van der Waals surface area contributed by atoms with Gasteiger partial charge in [0.15, 0.2) is 0 Å². The van der Waals surface area contributed by atoms with Gasteiger partial charge in [-0.1, -0.05) is 6.42 Å². The van der Waals surface area contributed by atoms with E-state index in [0.29, 0.717) is 24.3 Å². The number of hydrogen-bond acceptors (Lipinski definition) is 4. The van der Waals surface area contributed by atoms with E-state index in [4.69, 9.17) is 4.74 Å². The Labute approximate surface area is 129 Å². The molecule has 0 spiro atoms. The van der Waals surface area contributed by atoms with Crippen molar-refractivity contribution in [3.05, 3.63) is 33.2 Å². The normalized spacial score (nSPS) is 16.4. The molecule has 0 amide bonds. The summed E-state index contributed by atoms with van der Waals surface area (Å²) in [6, 6.07) is 1.55. The van der Waals surface area contributed by atoms with Gasteiger partial charge < -0.3 is 9.30 Å². The van der Waals surface area contributed by atoms with E-state index in [9.17, 15) is 9.59 Å². The molecule has 1 fully saturated rings. The zero-order valence-electron chi connectivity index (χ0n) is 13.2. The van der Waals surface area contributed by atoms with Crippen molar-refractivity contribution >= 4 is 17.7 Å². The molecule has 0 saturated heterocycles. The molecule has 1 aromatic heterocycles. The number of esters is 1. The van der Waals surface area contributed by atoms with Gasteiger partial charge in [0, 0.05) is 23.1 Å². The number of aromatic nitrogens is 1. The van der Waals surface area contributed by atoms with Crippen molar-refractivity contribution < 1.29 is 9.53 Å². The van der Waals surface area contributed by atoms with Gasteiger partial charge in [0.1, 0.15) is 0 Å². The molecule has 1 heterocycles. The third-order valence-corrected chi connectivity index (χ3v) is 5.79. The molecule has 21 heavy (non-hydrogen) atoms. The van der Waals surface area contributed by atoms with Gasteiger partial charge in [0.25, 0.3) is 5.56 Å². The van der Waals surface area contributed by atoms with Gasteiger partial charge >= 0.3 is 5.97 Å². The molecule has 0 bridgehead atoms. The number of carbonyl (C=O) groups is 1. The Hall–Kier alpha value is -1.23. The molecule has 5 heteroatoms. The quantitative estimate of drug-likeness (QED) is 0.785. The van der Waals surface area contributed by atoms with Crippen LogP contribution in [-0.2, 0) is 11.3 Å². The van der Waals surface area contributed by atoms with E-state index in [-0.39, 0.29) is 16.3 Å². The SMILES string of the molecule is CCOC(=O)c1c(C)cc(=O)n(CC2(SC)CCC2)c1C. The zero-order valence-corrected chi connectivity index (χ0v) is 14.0. The predicted octanol–water partition coefficient (Wildman–Crippen LogP) is 2.93. The molecular formula is C16H23NO3S. The minimum Gasteiger partial charge on any atom is -0.462 e. The topological polar surface area (TPSA) is 48.3 Å². The van der Waals surface area contributed by atoms with Gasteiger partial charge in [0.05, 0.1) is 12.2 Å². The number of pyridine rings is 1. The number of ether oxygens (including phenoxy) is 1. The van der Waals surface area contributed by atoms with Crippen LogP contribution in [0.5, 0.6) is 0 Å². The molecule has 1 saturated carbocycles. The monoisotopic (exact) mass is 309 g/mol. The van der Waals surface area contributed by atoms with Crippen LogP contribution in [0, 0.1) is 13.8 Å². The Morgan fingerprint density at radius 3 is 2.57 bits per heavy atom. The van der Waals surface area contributed by atoms with Gasteiger partial charge in [0.2, 0.25) is 0 Å². The zero-order chi connectivity index (χ0) is 15.6. The fraction of sp³-hybridized carbons (Fsp3) is 0.625. The Bertz CT molecular complexity index is 597. The average molecular weight is 309 g/mol. The van der Waals surface area contributed by atoms with E-state index in [1.54, 1.807) is 24.5 Å². The molecule has 0 aromatic carbocycles. The van der Waals surface area contributed by atoms with Crippen molar-refractivity contribution in [2.75, 3.05) is 12.9 Å². The highest BCUT2D eigenvalue weighted by Crippen LogP contribution is 2.44.